The Bertz CT molecular complexity index is 1170. The lowest BCUT2D eigenvalue weighted by molar-refractivity contribution is 0.0952. The lowest BCUT2D eigenvalue weighted by Crippen LogP contribution is -2.26. The Balaban J connectivity index is 1.53. The van der Waals surface area contributed by atoms with E-state index < -0.39 is 10.0 Å². The van der Waals surface area contributed by atoms with E-state index in [1.54, 1.807) is 30.5 Å². The zero-order chi connectivity index (χ0) is 22.4. The molecule has 1 aromatic heterocycles. The van der Waals surface area contributed by atoms with Crippen LogP contribution in [0.5, 0.6) is 0 Å². The number of imidazole rings is 1. The van der Waals surface area contributed by atoms with Crippen LogP contribution < -0.4 is 10.0 Å². The third-order valence-electron chi connectivity index (χ3n) is 4.81. The summed E-state index contributed by atoms with van der Waals surface area (Å²) in [7, 11) is -1.81. The van der Waals surface area contributed by atoms with Crippen LogP contribution in [0.3, 0.4) is 0 Å². The van der Waals surface area contributed by atoms with Crippen LogP contribution in [0.2, 0.25) is 0 Å². The van der Waals surface area contributed by atoms with E-state index >= 15 is 0 Å². The van der Waals surface area contributed by atoms with Gasteiger partial charge >= 0.3 is 0 Å². The van der Waals surface area contributed by atoms with E-state index in [4.69, 9.17) is 0 Å². The molecule has 1 heterocycles. The number of nitrogens with one attached hydrogen (secondary N) is 2. The standard InChI is InChI=1S/C22H24N4O4S/c1-16(27)18-7-9-20(10-8-18)31(29,30)25-15-17-3-5-19(6-4-17)22(28)24-12-11-21-23-13-14-26(21)2/h3-10,13-14,25H,11-12,15H2,1-2H3,(H,24,28). The fourth-order valence-electron chi connectivity index (χ4n) is 2.93. The van der Waals surface area contributed by atoms with Gasteiger partial charge < -0.3 is 9.88 Å². The van der Waals surface area contributed by atoms with Crippen LogP contribution in [0.15, 0.2) is 65.8 Å². The van der Waals surface area contributed by atoms with Crippen molar-refractivity contribution < 1.29 is 18.0 Å². The lowest BCUT2D eigenvalue weighted by atomic mass is 10.1. The molecule has 0 saturated carbocycles. The van der Waals surface area contributed by atoms with E-state index in [9.17, 15) is 18.0 Å². The molecule has 31 heavy (non-hydrogen) atoms. The summed E-state index contributed by atoms with van der Waals surface area (Å²) in [5.41, 5.74) is 1.66. The molecule has 8 nitrogen and oxygen atoms in total. The number of Topliss-reactive ketones (excluding diaryl/α,β-unsaturated/α-hetero) is 1. The maximum atomic E-state index is 12.4. The van der Waals surface area contributed by atoms with Gasteiger partial charge in [-0.05, 0) is 36.8 Å². The van der Waals surface area contributed by atoms with E-state index in [-0.39, 0.29) is 23.1 Å². The van der Waals surface area contributed by atoms with E-state index in [0.717, 1.165) is 5.82 Å². The monoisotopic (exact) mass is 440 g/mol. The first-order valence-electron chi connectivity index (χ1n) is 9.70. The molecule has 0 spiro atoms. The van der Waals surface area contributed by atoms with Crippen LogP contribution in [0, 0.1) is 0 Å². The predicted octanol–water partition coefficient (Wildman–Crippen LogP) is 2.07. The second kappa shape index (κ2) is 9.67. The van der Waals surface area contributed by atoms with Gasteiger partial charge in [0.15, 0.2) is 5.78 Å². The Labute approximate surface area is 181 Å². The predicted molar refractivity (Wildman–Crippen MR) is 116 cm³/mol. The molecule has 0 unspecified atom stereocenters. The Morgan fingerprint density at radius 2 is 1.65 bits per heavy atom. The Morgan fingerprint density at radius 3 is 2.23 bits per heavy atom. The summed E-state index contributed by atoms with van der Waals surface area (Å²) in [5, 5.41) is 2.85. The van der Waals surface area contributed by atoms with Gasteiger partial charge in [0.25, 0.3) is 5.91 Å². The summed E-state index contributed by atoms with van der Waals surface area (Å²) in [6, 6.07) is 12.5. The lowest BCUT2D eigenvalue weighted by Gasteiger charge is -2.09. The number of rotatable bonds is 9. The number of aromatic nitrogens is 2. The molecule has 0 atom stereocenters. The van der Waals surface area contributed by atoms with Gasteiger partial charge in [-0.1, -0.05) is 24.3 Å². The van der Waals surface area contributed by atoms with Gasteiger partial charge in [-0.25, -0.2) is 18.1 Å². The van der Waals surface area contributed by atoms with E-state index in [2.05, 4.69) is 15.0 Å². The second-order valence-electron chi connectivity index (χ2n) is 7.06. The number of nitrogens with zero attached hydrogens (tertiary/aromatic N) is 2. The Hall–Kier alpha value is -3.30. The normalized spacial score (nSPS) is 11.3. The highest BCUT2D eigenvalue weighted by Crippen LogP contribution is 2.12. The zero-order valence-corrected chi connectivity index (χ0v) is 18.1. The van der Waals surface area contributed by atoms with Crippen LogP contribution in [0.4, 0.5) is 0 Å². The average molecular weight is 441 g/mol. The highest BCUT2D eigenvalue weighted by atomic mass is 32.2. The number of sulfonamides is 1. The van der Waals surface area contributed by atoms with Gasteiger partial charge in [0.1, 0.15) is 5.82 Å². The number of hydrogen-bond donors (Lipinski definition) is 2. The van der Waals surface area contributed by atoms with Crippen molar-refractivity contribution in [2.45, 2.75) is 24.8 Å². The highest BCUT2D eigenvalue weighted by molar-refractivity contribution is 7.89. The molecular weight excluding hydrogens is 416 g/mol. The minimum absolute atomic E-state index is 0.0812. The van der Waals surface area contributed by atoms with Crippen LogP contribution in [0.25, 0.3) is 0 Å². The summed E-state index contributed by atoms with van der Waals surface area (Å²) in [5.74, 6) is 0.559. The first kappa shape index (κ1) is 22.4. The molecule has 0 aliphatic heterocycles. The maximum absolute atomic E-state index is 12.4. The molecule has 0 fully saturated rings. The molecule has 2 N–H and O–H groups in total. The van der Waals surface area contributed by atoms with Crippen molar-refractivity contribution in [1.82, 2.24) is 19.6 Å². The number of carbonyl (C=O) groups is 2. The van der Waals surface area contributed by atoms with E-state index in [0.29, 0.717) is 29.7 Å². The number of benzene rings is 2. The van der Waals surface area contributed by atoms with Gasteiger partial charge in [-0.15, -0.1) is 0 Å². The van der Waals surface area contributed by atoms with Crippen LogP contribution in [-0.2, 0) is 30.0 Å². The van der Waals surface area contributed by atoms with Crippen molar-refractivity contribution in [3.63, 3.8) is 0 Å². The summed E-state index contributed by atoms with van der Waals surface area (Å²) in [4.78, 5) is 27.9. The fraction of sp³-hybridized carbons (Fsp3) is 0.227. The van der Waals surface area contributed by atoms with Crippen molar-refractivity contribution in [3.05, 3.63) is 83.4 Å². The molecule has 162 valence electrons. The summed E-state index contributed by atoms with van der Waals surface area (Å²) in [6.45, 7) is 1.97. The minimum Gasteiger partial charge on any atom is -0.352 e. The zero-order valence-electron chi connectivity index (χ0n) is 17.3. The molecule has 3 aromatic rings. The number of ketones is 1. The van der Waals surface area contributed by atoms with Gasteiger partial charge in [0.05, 0.1) is 4.90 Å². The third-order valence-corrected chi connectivity index (χ3v) is 6.23. The molecule has 9 heteroatoms. The summed E-state index contributed by atoms with van der Waals surface area (Å²) < 4.78 is 29.3. The number of carbonyl (C=O) groups excluding carboxylic acids is 2. The fourth-order valence-corrected chi connectivity index (χ4v) is 3.95. The average Bonchev–Trinajstić information content (AvgIpc) is 3.17. The topological polar surface area (TPSA) is 110 Å². The van der Waals surface area contributed by atoms with Crippen LogP contribution in [0.1, 0.15) is 39.0 Å². The maximum Gasteiger partial charge on any atom is 0.251 e. The second-order valence-corrected chi connectivity index (χ2v) is 8.83. The van der Waals surface area contributed by atoms with Crippen molar-refractivity contribution in [2.75, 3.05) is 6.54 Å². The molecular formula is C22H24N4O4S. The minimum atomic E-state index is -3.71. The molecule has 0 bridgehead atoms. The SMILES string of the molecule is CC(=O)c1ccc(S(=O)(=O)NCc2ccc(C(=O)NCCc3nccn3C)cc2)cc1. The van der Waals surface area contributed by atoms with E-state index in [1.807, 2.05) is 17.8 Å². The summed E-state index contributed by atoms with van der Waals surface area (Å²) in [6.07, 6.45) is 4.19. The van der Waals surface area contributed by atoms with Gasteiger partial charge in [0, 0.05) is 50.1 Å². The highest BCUT2D eigenvalue weighted by Gasteiger charge is 2.14. The Kier molecular flexibility index (Phi) is 6.98. The number of aryl methyl sites for hydroxylation is 1. The first-order valence-corrected chi connectivity index (χ1v) is 11.2. The smallest absolute Gasteiger partial charge is 0.251 e. The van der Waals surface area contributed by atoms with Crippen molar-refractivity contribution in [3.8, 4) is 0 Å². The van der Waals surface area contributed by atoms with Crippen LogP contribution in [-0.4, -0.2) is 36.2 Å². The van der Waals surface area contributed by atoms with Crippen LogP contribution >= 0.6 is 0 Å². The molecule has 2 aromatic carbocycles. The molecule has 0 aliphatic rings. The first-order chi connectivity index (χ1) is 14.8. The number of amides is 1. The van der Waals surface area contributed by atoms with Gasteiger partial charge in [-0.3, -0.25) is 9.59 Å². The largest absolute Gasteiger partial charge is 0.352 e. The van der Waals surface area contributed by atoms with Crippen molar-refractivity contribution >= 4 is 21.7 Å². The van der Waals surface area contributed by atoms with E-state index in [1.165, 1.54) is 31.2 Å². The quantitative estimate of drug-likeness (QED) is 0.495. The van der Waals surface area contributed by atoms with Crippen molar-refractivity contribution in [2.24, 2.45) is 7.05 Å². The van der Waals surface area contributed by atoms with Gasteiger partial charge in [-0.2, -0.15) is 0 Å². The van der Waals surface area contributed by atoms with Crippen molar-refractivity contribution in [1.29, 1.82) is 0 Å². The number of hydrogen-bond acceptors (Lipinski definition) is 5. The Morgan fingerprint density at radius 1 is 1.00 bits per heavy atom. The third kappa shape index (κ3) is 5.87. The molecule has 3 rings (SSSR count). The van der Waals surface area contributed by atoms with Gasteiger partial charge in [0.2, 0.25) is 10.0 Å². The summed E-state index contributed by atoms with van der Waals surface area (Å²) >= 11 is 0. The molecule has 0 saturated heterocycles. The molecule has 0 radical (unpaired) electrons. The molecule has 0 aliphatic carbocycles. The molecule has 1 amide bonds.